The maximum atomic E-state index is 11.5. The van der Waals surface area contributed by atoms with Crippen molar-refractivity contribution >= 4 is 5.78 Å². The van der Waals surface area contributed by atoms with E-state index in [0.717, 1.165) is 12.8 Å². The number of carbonyl (C=O) groups is 1. The van der Waals surface area contributed by atoms with E-state index in [1.165, 1.54) is 32.1 Å². The fourth-order valence-corrected chi connectivity index (χ4v) is 2.78. The van der Waals surface area contributed by atoms with Gasteiger partial charge in [-0.05, 0) is 43.9 Å². The molecule has 0 N–H and O–H groups in total. The van der Waals surface area contributed by atoms with Crippen LogP contribution in [0.1, 0.15) is 51.9 Å². The third kappa shape index (κ3) is 1.41. The first-order valence-corrected chi connectivity index (χ1v) is 5.22. The van der Waals surface area contributed by atoms with Gasteiger partial charge in [-0.1, -0.05) is 6.92 Å². The third-order valence-electron chi connectivity index (χ3n) is 3.85. The monoisotopic (exact) mass is 166 g/mol. The summed E-state index contributed by atoms with van der Waals surface area (Å²) in [6.07, 6.45) is 8.23. The summed E-state index contributed by atoms with van der Waals surface area (Å²) in [5, 5.41) is 0. The van der Waals surface area contributed by atoms with Crippen LogP contribution in [0.5, 0.6) is 0 Å². The van der Waals surface area contributed by atoms with E-state index in [9.17, 15) is 4.79 Å². The highest BCUT2D eigenvalue weighted by Crippen LogP contribution is 2.44. The number of ketones is 1. The van der Waals surface area contributed by atoms with Crippen LogP contribution in [-0.4, -0.2) is 5.78 Å². The quantitative estimate of drug-likeness (QED) is 0.540. The van der Waals surface area contributed by atoms with E-state index >= 15 is 0 Å². The summed E-state index contributed by atoms with van der Waals surface area (Å²) in [5.74, 6) is 0.995. The van der Waals surface area contributed by atoms with Crippen molar-refractivity contribution in [2.45, 2.75) is 51.9 Å². The molecule has 0 spiro atoms. The van der Waals surface area contributed by atoms with E-state index in [0.29, 0.717) is 17.1 Å². The van der Waals surface area contributed by atoms with Crippen LogP contribution in [0.2, 0.25) is 0 Å². The van der Waals surface area contributed by atoms with E-state index in [1.807, 2.05) is 0 Å². The number of rotatable bonds is 0. The average Bonchev–Trinajstić information content (AvgIpc) is 2.02. The van der Waals surface area contributed by atoms with E-state index in [-0.39, 0.29) is 0 Å². The zero-order valence-corrected chi connectivity index (χ0v) is 7.94. The minimum Gasteiger partial charge on any atom is -0.299 e. The smallest absolute Gasteiger partial charge is 0.135 e. The van der Waals surface area contributed by atoms with Gasteiger partial charge >= 0.3 is 0 Å². The molecule has 0 atom stereocenters. The van der Waals surface area contributed by atoms with Crippen LogP contribution >= 0.6 is 0 Å². The van der Waals surface area contributed by atoms with Crippen LogP contribution in [0.15, 0.2) is 0 Å². The molecule has 0 aliphatic heterocycles. The largest absolute Gasteiger partial charge is 0.299 e. The van der Waals surface area contributed by atoms with Crippen molar-refractivity contribution < 1.29 is 4.79 Å². The molecular weight excluding hydrogens is 148 g/mol. The van der Waals surface area contributed by atoms with Gasteiger partial charge in [-0.3, -0.25) is 4.79 Å². The molecule has 0 aromatic heterocycles. The molecule has 3 fully saturated rings. The Labute approximate surface area is 74.5 Å². The molecule has 0 heterocycles. The molecule has 3 aliphatic rings. The van der Waals surface area contributed by atoms with E-state index in [2.05, 4.69) is 6.92 Å². The molecule has 68 valence electrons. The molecule has 2 bridgehead atoms. The number of carbonyl (C=O) groups excluding carboxylic acids is 1. The van der Waals surface area contributed by atoms with Gasteiger partial charge in [-0.15, -0.1) is 0 Å². The Morgan fingerprint density at radius 3 is 2.58 bits per heavy atom. The Balaban J connectivity index is 2.11. The highest BCUT2D eigenvalue weighted by atomic mass is 16.1. The summed E-state index contributed by atoms with van der Waals surface area (Å²) in [6.45, 7) is 2.40. The second kappa shape index (κ2) is 2.86. The SMILES string of the molecule is CC12CCCC(=O)C(CC1)CC2. The molecule has 1 nitrogen and oxygen atoms in total. The molecular formula is C11H18O. The predicted octanol–water partition coefficient (Wildman–Crippen LogP) is 2.94. The summed E-state index contributed by atoms with van der Waals surface area (Å²) < 4.78 is 0. The maximum Gasteiger partial charge on any atom is 0.135 e. The lowest BCUT2D eigenvalue weighted by molar-refractivity contribution is -0.126. The Hall–Kier alpha value is -0.330. The topological polar surface area (TPSA) is 17.1 Å². The highest BCUT2D eigenvalue weighted by molar-refractivity contribution is 5.81. The van der Waals surface area contributed by atoms with Crippen molar-refractivity contribution in [3.05, 3.63) is 0 Å². The molecule has 3 rings (SSSR count). The van der Waals surface area contributed by atoms with Crippen LogP contribution in [0.3, 0.4) is 0 Å². The Morgan fingerprint density at radius 2 is 1.92 bits per heavy atom. The molecule has 0 aromatic rings. The second-order valence-corrected chi connectivity index (χ2v) is 4.90. The van der Waals surface area contributed by atoms with Crippen molar-refractivity contribution in [3.63, 3.8) is 0 Å². The Morgan fingerprint density at radius 1 is 1.25 bits per heavy atom. The number of hydrogen-bond donors (Lipinski definition) is 0. The zero-order chi connectivity index (χ0) is 8.60. The van der Waals surface area contributed by atoms with Crippen LogP contribution in [0, 0.1) is 11.3 Å². The molecule has 12 heavy (non-hydrogen) atoms. The fraction of sp³-hybridized carbons (Fsp3) is 0.909. The fourth-order valence-electron chi connectivity index (χ4n) is 2.78. The van der Waals surface area contributed by atoms with Gasteiger partial charge in [0.2, 0.25) is 0 Å². The van der Waals surface area contributed by atoms with Gasteiger partial charge in [0.15, 0.2) is 0 Å². The Kier molecular flexibility index (Phi) is 1.97. The van der Waals surface area contributed by atoms with Crippen LogP contribution in [-0.2, 0) is 4.79 Å². The van der Waals surface area contributed by atoms with E-state index in [4.69, 9.17) is 0 Å². The van der Waals surface area contributed by atoms with Gasteiger partial charge in [0, 0.05) is 12.3 Å². The molecule has 0 aromatic carbocycles. The number of Topliss-reactive ketones (excluding diaryl/α,β-unsaturated/α-hetero) is 1. The zero-order valence-electron chi connectivity index (χ0n) is 7.94. The molecule has 0 amide bonds. The molecule has 0 unspecified atom stereocenters. The third-order valence-corrected chi connectivity index (χ3v) is 3.85. The number of hydrogen-bond acceptors (Lipinski definition) is 1. The molecule has 0 radical (unpaired) electrons. The summed E-state index contributed by atoms with van der Waals surface area (Å²) in [5.41, 5.74) is 0.594. The minimum absolute atomic E-state index is 0.443. The van der Waals surface area contributed by atoms with Crippen molar-refractivity contribution in [1.82, 2.24) is 0 Å². The molecule has 3 saturated carbocycles. The van der Waals surface area contributed by atoms with Crippen LogP contribution < -0.4 is 0 Å². The maximum absolute atomic E-state index is 11.5. The van der Waals surface area contributed by atoms with Gasteiger partial charge in [0.1, 0.15) is 5.78 Å². The second-order valence-electron chi connectivity index (χ2n) is 4.90. The lowest BCUT2D eigenvalue weighted by Crippen LogP contribution is -2.31. The van der Waals surface area contributed by atoms with Crippen molar-refractivity contribution in [1.29, 1.82) is 0 Å². The van der Waals surface area contributed by atoms with Crippen LogP contribution in [0.4, 0.5) is 0 Å². The lowest BCUT2D eigenvalue weighted by atomic mass is 9.66. The van der Waals surface area contributed by atoms with Crippen molar-refractivity contribution in [3.8, 4) is 0 Å². The van der Waals surface area contributed by atoms with Gasteiger partial charge in [-0.25, -0.2) is 0 Å². The normalized spacial score (nSPS) is 42.4. The average molecular weight is 166 g/mol. The first-order chi connectivity index (χ1) is 5.70. The summed E-state index contributed by atoms with van der Waals surface area (Å²) >= 11 is 0. The van der Waals surface area contributed by atoms with E-state index in [1.54, 1.807) is 0 Å². The first-order valence-electron chi connectivity index (χ1n) is 5.22. The van der Waals surface area contributed by atoms with E-state index < -0.39 is 0 Å². The lowest BCUT2D eigenvalue weighted by Gasteiger charge is -2.39. The summed E-state index contributed by atoms with van der Waals surface area (Å²) in [7, 11) is 0. The molecule has 3 aliphatic carbocycles. The summed E-state index contributed by atoms with van der Waals surface area (Å²) in [4.78, 5) is 11.5. The van der Waals surface area contributed by atoms with Crippen molar-refractivity contribution in [2.75, 3.05) is 0 Å². The standard InChI is InChI=1S/C11H18O/c1-11-6-2-3-10(12)9(4-7-11)5-8-11/h9H,2-8H2,1H3. The minimum atomic E-state index is 0.443. The van der Waals surface area contributed by atoms with Crippen LogP contribution in [0.25, 0.3) is 0 Å². The summed E-state index contributed by atoms with van der Waals surface area (Å²) in [6, 6.07) is 0. The van der Waals surface area contributed by atoms with Gasteiger partial charge < -0.3 is 0 Å². The Bertz CT molecular complexity index is 182. The predicted molar refractivity (Wildman–Crippen MR) is 48.9 cm³/mol. The molecule has 1 heteroatoms. The van der Waals surface area contributed by atoms with Gasteiger partial charge in [0.25, 0.3) is 0 Å². The van der Waals surface area contributed by atoms with Gasteiger partial charge in [-0.2, -0.15) is 0 Å². The first kappa shape index (κ1) is 8.28. The van der Waals surface area contributed by atoms with Crippen molar-refractivity contribution in [2.24, 2.45) is 11.3 Å². The van der Waals surface area contributed by atoms with Gasteiger partial charge in [0.05, 0.1) is 0 Å². The molecule has 0 saturated heterocycles. The highest BCUT2D eigenvalue weighted by Gasteiger charge is 2.35. The number of fused-ring (bicyclic) bond motifs is 5.